The predicted molar refractivity (Wildman–Crippen MR) is 80.6 cm³/mol. The fourth-order valence-corrected chi connectivity index (χ4v) is 2.67. The van der Waals surface area contributed by atoms with Crippen molar-refractivity contribution < 1.29 is 9.53 Å². The monoisotopic (exact) mass is 340 g/mol. The zero-order valence-corrected chi connectivity index (χ0v) is 12.6. The van der Waals surface area contributed by atoms with Crippen molar-refractivity contribution in [2.75, 3.05) is 12.4 Å². The average molecular weight is 341 g/mol. The normalized spacial score (nSPS) is 11.9. The molecule has 0 saturated heterocycles. The van der Waals surface area contributed by atoms with Crippen LogP contribution in [0.15, 0.2) is 40.2 Å². The van der Waals surface area contributed by atoms with Crippen LogP contribution in [0.3, 0.4) is 0 Å². The molecule has 19 heavy (non-hydrogen) atoms. The third kappa shape index (κ3) is 3.34. The van der Waals surface area contributed by atoms with E-state index < -0.39 is 6.04 Å². The molecule has 100 valence electrons. The summed E-state index contributed by atoms with van der Waals surface area (Å²) in [7, 11) is 1.55. The molecule has 1 unspecified atom stereocenters. The number of nitrogens with one attached hydrogen (secondary N) is 1. The van der Waals surface area contributed by atoms with Crippen LogP contribution in [-0.2, 0) is 4.79 Å². The Kier molecular flexibility index (Phi) is 4.57. The van der Waals surface area contributed by atoms with Gasteiger partial charge in [-0.2, -0.15) is 0 Å². The zero-order valence-electron chi connectivity index (χ0n) is 10.2. The molecule has 4 nitrogen and oxygen atoms in total. The number of ether oxygens (including phenoxy) is 1. The molecule has 0 bridgehead atoms. The number of thiophene rings is 1. The highest BCUT2D eigenvalue weighted by atomic mass is 79.9. The molecule has 1 amide bonds. The molecule has 1 atom stereocenters. The van der Waals surface area contributed by atoms with E-state index in [9.17, 15) is 4.79 Å². The summed E-state index contributed by atoms with van der Waals surface area (Å²) in [4.78, 5) is 12.9. The lowest BCUT2D eigenvalue weighted by Gasteiger charge is -2.13. The summed E-state index contributed by atoms with van der Waals surface area (Å²) < 4.78 is 6.05. The lowest BCUT2D eigenvalue weighted by atomic mass is 10.2. The Balaban J connectivity index is 2.17. The number of rotatable bonds is 4. The Bertz CT molecular complexity index is 572. The molecular formula is C13H13BrN2O2S. The summed E-state index contributed by atoms with van der Waals surface area (Å²) in [5.41, 5.74) is 6.50. The summed E-state index contributed by atoms with van der Waals surface area (Å²) in [6.07, 6.45) is 0. The molecule has 3 N–H and O–H groups in total. The number of hydrogen-bond donors (Lipinski definition) is 2. The van der Waals surface area contributed by atoms with Crippen molar-refractivity contribution in [1.29, 1.82) is 0 Å². The number of carbonyl (C=O) groups is 1. The summed E-state index contributed by atoms with van der Waals surface area (Å²) in [5, 5.41) is 4.67. The molecular weight excluding hydrogens is 328 g/mol. The predicted octanol–water partition coefficient (Wildman–Crippen LogP) is 3.16. The van der Waals surface area contributed by atoms with Gasteiger partial charge < -0.3 is 15.8 Å². The molecule has 1 aromatic carbocycles. The minimum absolute atomic E-state index is 0.265. The Hall–Kier alpha value is -1.37. The quantitative estimate of drug-likeness (QED) is 0.898. The highest BCUT2D eigenvalue weighted by Gasteiger charge is 2.18. The Morgan fingerprint density at radius 2 is 2.26 bits per heavy atom. The molecule has 0 spiro atoms. The van der Waals surface area contributed by atoms with Crippen molar-refractivity contribution in [3.8, 4) is 5.75 Å². The first kappa shape index (κ1) is 14.0. The van der Waals surface area contributed by atoms with Crippen molar-refractivity contribution in [3.63, 3.8) is 0 Å². The molecule has 2 aromatic rings. The van der Waals surface area contributed by atoms with Gasteiger partial charge in [0.1, 0.15) is 11.8 Å². The van der Waals surface area contributed by atoms with Crippen molar-refractivity contribution in [1.82, 2.24) is 0 Å². The first-order valence-corrected chi connectivity index (χ1v) is 7.22. The number of anilines is 1. The molecule has 0 saturated carbocycles. The SMILES string of the molecule is COc1ccc(Br)cc1NC(=O)C(N)c1cccs1. The third-order valence-electron chi connectivity index (χ3n) is 2.55. The van der Waals surface area contributed by atoms with Gasteiger partial charge in [-0.1, -0.05) is 22.0 Å². The van der Waals surface area contributed by atoms with E-state index in [1.807, 2.05) is 23.6 Å². The minimum atomic E-state index is -0.677. The van der Waals surface area contributed by atoms with E-state index in [2.05, 4.69) is 21.2 Å². The molecule has 6 heteroatoms. The van der Waals surface area contributed by atoms with Gasteiger partial charge >= 0.3 is 0 Å². The largest absolute Gasteiger partial charge is 0.495 e. The minimum Gasteiger partial charge on any atom is -0.495 e. The smallest absolute Gasteiger partial charge is 0.246 e. The van der Waals surface area contributed by atoms with E-state index in [1.54, 1.807) is 19.2 Å². The van der Waals surface area contributed by atoms with Gasteiger partial charge in [-0.05, 0) is 29.6 Å². The summed E-state index contributed by atoms with van der Waals surface area (Å²) >= 11 is 4.81. The number of nitrogens with two attached hydrogens (primary N) is 1. The van der Waals surface area contributed by atoms with Gasteiger partial charge in [-0.3, -0.25) is 4.79 Å². The maximum atomic E-state index is 12.1. The van der Waals surface area contributed by atoms with Crippen LogP contribution < -0.4 is 15.8 Å². The second kappa shape index (κ2) is 6.18. The van der Waals surface area contributed by atoms with Gasteiger partial charge in [-0.15, -0.1) is 11.3 Å². The molecule has 1 heterocycles. The maximum Gasteiger partial charge on any atom is 0.246 e. The average Bonchev–Trinajstić information content (AvgIpc) is 2.92. The molecule has 0 radical (unpaired) electrons. The Labute approximate surface area is 123 Å². The van der Waals surface area contributed by atoms with Crippen molar-refractivity contribution in [3.05, 3.63) is 45.1 Å². The van der Waals surface area contributed by atoms with Gasteiger partial charge in [-0.25, -0.2) is 0 Å². The van der Waals surface area contributed by atoms with E-state index in [-0.39, 0.29) is 5.91 Å². The Morgan fingerprint density at radius 3 is 2.89 bits per heavy atom. The van der Waals surface area contributed by atoms with Gasteiger partial charge in [0.15, 0.2) is 0 Å². The molecule has 0 aliphatic heterocycles. The molecule has 0 aliphatic carbocycles. The summed E-state index contributed by atoms with van der Waals surface area (Å²) in [6, 6.07) is 8.42. The van der Waals surface area contributed by atoms with Crippen LogP contribution >= 0.6 is 27.3 Å². The fourth-order valence-electron chi connectivity index (χ4n) is 1.59. The molecule has 1 aromatic heterocycles. The van der Waals surface area contributed by atoms with E-state index in [0.29, 0.717) is 11.4 Å². The number of halogens is 1. The zero-order chi connectivity index (χ0) is 13.8. The van der Waals surface area contributed by atoms with Crippen LogP contribution in [0, 0.1) is 0 Å². The first-order chi connectivity index (χ1) is 9.11. The van der Waals surface area contributed by atoms with Crippen molar-refractivity contribution in [2.24, 2.45) is 5.73 Å². The van der Waals surface area contributed by atoms with E-state index in [4.69, 9.17) is 10.5 Å². The molecule has 0 fully saturated rings. The topological polar surface area (TPSA) is 64.3 Å². The summed E-state index contributed by atoms with van der Waals surface area (Å²) in [5.74, 6) is 0.328. The number of benzene rings is 1. The van der Waals surface area contributed by atoms with Crippen molar-refractivity contribution in [2.45, 2.75) is 6.04 Å². The van der Waals surface area contributed by atoms with Gasteiger partial charge in [0.25, 0.3) is 0 Å². The standard InChI is InChI=1S/C13H13BrN2O2S/c1-18-10-5-4-8(14)7-9(10)16-13(17)12(15)11-3-2-6-19-11/h2-7,12H,15H2,1H3,(H,16,17). The van der Waals surface area contributed by atoms with Crippen LogP contribution in [0.2, 0.25) is 0 Å². The second-order valence-electron chi connectivity index (χ2n) is 3.83. The van der Waals surface area contributed by atoms with Gasteiger partial charge in [0.2, 0.25) is 5.91 Å². The van der Waals surface area contributed by atoms with Crippen LogP contribution in [0.5, 0.6) is 5.75 Å². The number of amides is 1. The lowest BCUT2D eigenvalue weighted by Crippen LogP contribution is -2.27. The van der Waals surface area contributed by atoms with Gasteiger partial charge in [0, 0.05) is 9.35 Å². The van der Waals surface area contributed by atoms with Crippen molar-refractivity contribution >= 4 is 38.9 Å². The lowest BCUT2D eigenvalue weighted by molar-refractivity contribution is -0.117. The number of methoxy groups -OCH3 is 1. The van der Waals surface area contributed by atoms with Crippen LogP contribution in [-0.4, -0.2) is 13.0 Å². The number of hydrogen-bond acceptors (Lipinski definition) is 4. The van der Waals surface area contributed by atoms with E-state index >= 15 is 0 Å². The second-order valence-corrected chi connectivity index (χ2v) is 5.72. The van der Waals surface area contributed by atoms with Gasteiger partial charge in [0.05, 0.1) is 12.8 Å². The molecule has 2 rings (SSSR count). The van der Waals surface area contributed by atoms with E-state index in [1.165, 1.54) is 11.3 Å². The highest BCUT2D eigenvalue weighted by molar-refractivity contribution is 9.10. The van der Waals surface area contributed by atoms with Crippen LogP contribution in [0.4, 0.5) is 5.69 Å². The van der Waals surface area contributed by atoms with Crippen LogP contribution in [0.1, 0.15) is 10.9 Å². The highest BCUT2D eigenvalue weighted by Crippen LogP contribution is 2.29. The molecule has 0 aliphatic rings. The van der Waals surface area contributed by atoms with E-state index in [0.717, 1.165) is 9.35 Å². The number of carbonyl (C=O) groups excluding carboxylic acids is 1. The fraction of sp³-hybridized carbons (Fsp3) is 0.154. The summed E-state index contributed by atoms with van der Waals surface area (Å²) in [6.45, 7) is 0. The van der Waals surface area contributed by atoms with Crippen LogP contribution in [0.25, 0.3) is 0 Å². The Morgan fingerprint density at radius 1 is 1.47 bits per heavy atom. The third-order valence-corrected chi connectivity index (χ3v) is 4.00. The maximum absolute atomic E-state index is 12.1. The first-order valence-electron chi connectivity index (χ1n) is 5.55.